The number of carbonyl (C=O) groups is 2. The van der Waals surface area contributed by atoms with Gasteiger partial charge in [-0.15, -0.1) is 0 Å². The van der Waals surface area contributed by atoms with Crippen LogP contribution in [0.2, 0.25) is 0 Å². The van der Waals surface area contributed by atoms with Crippen molar-refractivity contribution in [2.45, 2.75) is 20.4 Å². The standard InChI is InChI=1S/C22H20N2O2.C2H6/c25-21(23-15-17-7-3-1-4-8-17)16-24-22(26)20-13-11-19(12-14-20)18-9-5-2-6-10-18;1-2/h1-14H,15-16H2,(H,23,25)(H,24,26);1-2H3. The van der Waals surface area contributed by atoms with Crippen LogP contribution in [-0.4, -0.2) is 18.4 Å². The van der Waals surface area contributed by atoms with Crippen LogP contribution in [-0.2, 0) is 11.3 Å². The summed E-state index contributed by atoms with van der Waals surface area (Å²) in [6.45, 7) is 4.40. The van der Waals surface area contributed by atoms with Crippen molar-refractivity contribution in [2.24, 2.45) is 0 Å². The van der Waals surface area contributed by atoms with Crippen molar-refractivity contribution >= 4 is 11.8 Å². The van der Waals surface area contributed by atoms with Crippen LogP contribution in [0.1, 0.15) is 29.8 Å². The minimum atomic E-state index is -0.264. The first-order valence-electron chi connectivity index (χ1n) is 9.47. The molecule has 0 aliphatic rings. The molecule has 28 heavy (non-hydrogen) atoms. The molecule has 0 saturated heterocycles. The van der Waals surface area contributed by atoms with Gasteiger partial charge in [0.25, 0.3) is 5.91 Å². The Balaban J connectivity index is 0.00000136. The Labute approximate surface area is 166 Å². The molecule has 2 amide bonds. The van der Waals surface area contributed by atoms with Gasteiger partial charge in [0.15, 0.2) is 0 Å². The van der Waals surface area contributed by atoms with Crippen molar-refractivity contribution in [3.05, 3.63) is 96.1 Å². The molecule has 0 saturated carbocycles. The molecular weight excluding hydrogens is 348 g/mol. The van der Waals surface area contributed by atoms with E-state index in [1.54, 1.807) is 12.1 Å². The van der Waals surface area contributed by atoms with E-state index >= 15 is 0 Å². The van der Waals surface area contributed by atoms with Crippen LogP contribution in [0.5, 0.6) is 0 Å². The molecule has 0 aliphatic carbocycles. The average Bonchev–Trinajstić information content (AvgIpc) is 2.79. The number of hydrogen-bond acceptors (Lipinski definition) is 2. The van der Waals surface area contributed by atoms with Crippen LogP contribution < -0.4 is 10.6 Å². The highest BCUT2D eigenvalue weighted by Crippen LogP contribution is 2.19. The first-order valence-corrected chi connectivity index (χ1v) is 9.47. The van der Waals surface area contributed by atoms with Crippen molar-refractivity contribution in [2.75, 3.05) is 6.54 Å². The van der Waals surface area contributed by atoms with Gasteiger partial charge in [0.1, 0.15) is 0 Å². The van der Waals surface area contributed by atoms with E-state index in [-0.39, 0.29) is 18.4 Å². The van der Waals surface area contributed by atoms with Gasteiger partial charge in [-0.1, -0.05) is 86.6 Å². The van der Waals surface area contributed by atoms with Crippen molar-refractivity contribution < 1.29 is 9.59 Å². The number of nitrogens with one attached hydrogen (secondary N) is 2. The molecular formula is C24H26N2O2. The highest BCUT2D eigenvalue weighted by atomic mass is 16.2. The number of amides is 2. The van der Waals surface area contributed by atoms with E-state index in [2.05, 4.69) is 10.6 Å². The monoisotopic (exact) mass is 374 g/mol. The summed E-state index contributed by atoms with van der Waals surface area (Å²) in [4.78, 5) is 24.0. The summed E-state index contributed by atoms with van der Waals surface area (Å²) in [6.07, 6.45) is 0. The van der Waals surface area contributed by atoms with Crippen molar-refractivity contribution in [3.63, 3.8) is 0 Å². The third kappa shape index (κ3) is 6.40. The van der Waals surface area contributed by atoms with Crippen LogP contribution in [0.3, 0.4) is 0 Å². The molecule has 3 aromatic carbocycles. The smallest absolute Gasteiger partial charge is 0.251 e. The van der Waals surface area contributed by atoms with Crippen molar-refractivity contribution in [1.29, 1.82) is 0 Å². The van der Waals surface area contributed by atoms with Crippen molar-refractivity contribution in [3.8, 4) is 11.1 Å². The van der Waals surface area contributed by atoms with Gasteiger partial charge in [0.05, 0.1) is 6.54 Å². The van der Waals surface area contributed by atoms with Gasteiger partial charge >= 0.3 is 0 Å². The largest absolute Gasteiger partial charge is 0.350 e. The maximum Gasteiger partial charge on any atom is 0.251 e. The van der Waals surface area contributed by atoms with E-state index in [0.29, 0.717) is 12.1 Å². The fraction of sp³-hybridized carbons (Fsp3) is 0.167. The molecule has 0 heterocycles. The maximum absolute atomic E-state index is 12.2. The molecule has 144 valence electrons. The van der Waals surface area contributed by atoms with Crippen LogP contribution >= 0.6 is 0 Å². The molecule has 3 aromatic rings. The summed E-state index contributed by atoms with van der Waals surface area (Å²) in [6, 6.07) is 26.9. The first kappa shape index (κ1) is 20.9. The van der Waals surface area contributed by atoms with Gasteiger partial charge in [-0.05, 0) is 28.8 Å². The van der Waals surface area contributed by atoms with E-state index in [1.165, 1.54) is 0 Å². The van der Waals surface area contributed by atoms with Gasteiger partial charge in [-0.2, -0.15) is 0 Å². The molecule has 0 bridgehead atoms. The van der Waals surface area contributed by atoms with E-state index < -0.39 is 0 Å². The summed E-state index contributed by atoms with van der Waals surface area (Å²) >= 11 is 0. The molecule has 2 N–H and O–H groups in total. The zero-order chi connectivity index (χ0) is 20.2. The minimum absolute atomic E-state index is 0.0495. The van der Waals surface area contributed by atoms with Crippen LogP contribution in [0.15, 0.2) is 84.9 Å². The summed E-state index contributed by atoms with van der Waals surface area (Å²) in [5.74, 6) is -0.484. The lowest BCUT2D eigenvalue weighted by Crippen LogP contribution is -2.36. The lowest BCUT2D eigenvalue weighted by molar-refractivity contribution is -0.120. The third-order valence-electron chi connectivity index (χ3n) is 4.00. The van der Waals surface area contributed by atoms with Crippen LogP contribution in [0.4, 0.5) is 0 Å². The Kier molecular flexibility index (Phi) is 8.47. The lowest BCUT2D eigenvalue weighted by Gasteiger charge is -2.08. The summed E-state index contributed by atoms with van der Waals surface area (Å²) in [5.41, 5.74) is 3.69. The van der Waals surface area contributed by atoms with Crippen LogP contribution in [0.25, 0.3) is 11.1 Å². The highest BCUT2D eigenvalue weighted by molar-refractivity contribution is 5.96. The fourth-order valence-electron chi connectivity index (χ4n) is 2.57. The second kappa shape index (κ2) is 11.3. The van der Waals surface area contributed by atoms with Crippen molar-refractivity contribution in [1.82, 2.24) is 10.6 Å². The van der Waals surface area contributed by atoms with Gasteiger partial charge in [-0.3, -0.25) is 9.59 Å². The lowest BCUT2D eigenvalue weighted by atomic mass is 10.0. The van der Waals surface area contributed by atoms with E-state index in [0.717, 1.165) is 16.7 Å². The van der Waals surface area contributed by atoms with E-state index in [1.807, 2.05) is 86.6 Å². The summed E-state index contributed by atoms with van der Waals surface area (Å²) in [5, 5.41) is 5.43. The normalized spacial score (nSPS) is 9.64. The van der Waals surface area contributed by atoms with Gasteiger partial charge in [0.2, 0.25) is 5.91 Å². The fourth-order valence-corrected chi connectivity index (χ4v) is 2.57. The summed E-state index contributed by atoms with van der Waals surface area (Å²) in [7, 11) is 0. The number of benzene rings is 3. The van der Waals surface area contributed by atoms with E-state index in [4.69, 9.17) is 0 Å². The Morgan fingerprint density at radius 1 is 0.679 bits per heavy atom. The molecule has 0 aliphatic heterocycles. The molecule has 4 nitrogen and oxygen atoms in total. The molecule has 0 radical (unpaired) electrons. The number of hydrogen-bond donors (Lipinski definition) is 2. The van der Waals surface area contributed by atoms with Gasteiger partial charge < -0.3 is 10.6 Å². The maximum atomic E-state index is 12.2. The SMILES string of the molecule is CC.O=C(CNC(=O)c1ccc(-c2ccccc2)cc1)NCc1ccccc1. The topological polar surface area (TPSA) is 58.2 Å². The molecule has 0 unspecified atom stereocenters. The minimum Gasteiger partial charge on any atom is -0.350 e. The molecule has 0 spiro atoms. The predicted molar refractivity (Wildman–Crippen MR) is 114 cm³/mol. The zero-order valence-corrected chi connectivity index (χ0v) is 16.3. The summed E-state index contributed by atoms with van der Waals surface area (Å²) < 4.78 is 0. The Morgan fingerprint density at radius 3 is 1.82 bits per heavy atom. The first-order chi connectivity index (χ1) is 13.7. The Hall–Kier alpha value is -3.40. The quantitative estimate of drug-likeness (QED) is 0.671. The average molecular weight is 374 g/mol. The Bertz CT molecular complexity index is 860. The van der Waals surface area contributed by atoms with E-state index in [9.17, 15) is 9.59 Å². The second-order valence-corrected chi connectivity index (χ2v) is 5.89. The molecule has 4 heteroatoms. The highest BCUT2D eigenvalue weighted by Gasteiger charge is 2.08. The van der Waals surface area contributed by atoms with Crippen LogP contribution in [0, 0.1) is 0 Å². The Morgan fingerprint density at radius 2 is 1.21 bits per heavy atom. The molecule has 0 fully saturated rings. The molecule has 3 rings (SSSR count). The third-order valence-corrected chi connectivity index (χ3v) is 4.00. The molecule has 0 aromatic heterocycles. The molecule has 0 atom stereocenters. The van der Waals surface area contributed by atoms with Gasteiger partial charge in [-0.25, -0.2) is 0 Å². The predicted octanol–water partition coefficient (Wildman–Crippen LogP) is 4.43. The second-order valence-electron chi connectivity index (χ2n) is 5.89. The zero-order valence-electron chi connectivity index (χ0n) is 16.3. The number of rotatable bonds is 6. The van der Waals surface area contributed by atoms with Gasteiger partial charge in [0, 0.05) is 12.1 Å². The number of carbonyl (C=O) groups excluding carboxylic acids is 2.